The molecule has 7 heteroatoms. The summed E-state index contributed by atoms with van der Waals surface area (Å²) < 4.78 is 31.4. The van der Waals surface area contributed by atoms with E-state index < -0.39 is 16.0 Å². The monoisotopic (exact) mass is 314 g/mol. The van der Waals surface area contributed by atoms with Crippen molar-refractivity contribution in [3.8, 4) is 0 Å². The van der Waals surface area contributed by atoms with E-state index in [0.717, 1.165) is 12.0 Å². The number of rotatable bonds is 8. The van der Waals surface area contributed by atoms with Crippen LogP contribution in [0.1, 0.15) is 38.3 Å². The summed E-state index contributed by atoms with van der Waals surface area (Å²) >= 11 is 0. The maximum absolute atomic E-state index is 12.1. The van der Waals surface area contributed by atoms with E-state index >= 15 is 0 Å². The summed E-state index contributed by atoms with van der Waals surface area (Å²) in [5.74, 6) is -0.429. The van der Waals surface area contributed by atoms with Crippen LogP contribution in [0, 0.1) is 0 Å². The molecular weight excluding hydrogens is 292 g/mol. The van der Waals surface area contributed by atoms with E-state index in [1.54, 1.807) is 25.1 Å². The van der Waals surface area contributed by atoms with Gasteiger partial charge in [-0.25, -0.2) is 13.1 Å². The fraction of sp³-hybridized carbons (Fsp3) is 0.500. The summed E-state index contributed by atoms with van der Waals surface area (Å²) in [6.45, 7) is 3.92. The van der Waals surface area contributed by atoms with E-state index in [4.69, 9.17) is 10.5 Å². The van der Waals surface area contributed by atoms with Crippen molar-refractivity contribution in [1.29, 1.82) is 0 Å². The molecule has 0 aliphatic carbocycles. The van der Waals surface area contributed by atoms with Crippen molar-refractivity contribution in [2.45, 2.75) is 37.6 Å². The number of benzene rings is 1. The van der Waals surface area contributed by atoms with E-state index in [2.05, 4.69) is 4.72 Å². The van der Waals surface area contributed by atoms with Gasteiger partial charge in [-0.3, -0.25) is 4.79 Å². The predicted octanol–water partition coefficient (Wildman–Crippen LogP) is 1.33. The van der Waals surface area contributed by atoms with Gasteiger partial charge in [0.15, 0.2) is 0 Å². The van der Waals surface area contributed by atoms with Gasteiger partial charge in [-0.15, -0.1) is 0 Å². The molecule has 1 rings (SSSR count). The Hall–Kier alpha value is -1.44. The van der Waals surface area contributed by atoms with Crippen molar-refractivity contribution in [1.82, 2.24) is 4.72 Å². The van der Waals surface area contributed by atoms with Gasteiger partial charge in [0, 0.05) is 12.6 Å². The van der Waals surface area contributed by atoms with Crippen LogP contribution in [0.2, 0.25) is 0 Å². The first kappa shape index (κ1) is 17.6. The van der Waals surface area contributed by atoms with Crippen LogP contribution in [0.15, 0.2) is 29.2 Å². The molecule has 1 aromatic rings. The first-order valence-electron chi connectivity index (χ1n) is 6.91. The average Bonchev–Trinajstić information content (AvgIpc) is 2.46. The lowest BCUT2D eigenvalue weighted by molar-refractivity contribution is -0.142. The third-order valence-corrected chi connectivity index (χ3v) is 4.42. The molecule has 0 saturated carbocycles. The molecule has 0 fully saturated rings. The van der Waals surface area contributed by atoms with Crippen LogP contribution in [-0.2, 0) is 19.6 Å². The van der Waals surface area contributed by atoms with Gasteiger partial charge in [0.25, 0.3) is 0 Å². The Bertz CT molecular complexity index is 572. The normalized spacial score (nSPS) is 12.9. The number of sulfonamides is 1. The quantitative estimate of drug-likeness (QED) is 0.705. The highest BCUT2D eigenvalue weighted by Crippen LogP contribution is 2.18. The number of carbonyl (C=O) groups is 1. The molecule has 0 spiro atoms. The molecule has 0 heterocycles. The average molecular weight is 314 g/mol. The second kappa shape index (κ2) is 8.11. The van der Waals surface area contributed by atoms with Gasteiger partial charge in [-0.1, -0.05) is 19.1 Å². The summed E-state index contributed by atoms with van der Waals surface area (Å²) in [6.07, 6.45) is 0.723. The number of hydrogen-bond donors (Lipinski definition) is 2. The van der Waals surface area contributed by atoms with E-state index in [1.165, 1.54) is 6.07 Å². The molecule has 0 aliphatic rings. The summed E-state index contributed by atoms with van der Waals surface area (Å²) in [5.41, 5.74) is 6.67. The van der Waals surface area contributed by atoms with Crippen molar-refractivity contribution >= 4 is 16.0 Å². The third kappa shape index (κ3) is 5.45. The van der Waals surface area contributed by atoms with Gasteiger partial charge in [0.05, 0.1) is 17.9 Å². The Kier molecular flexibility index (Phi) is 6.80. The van der Waals surface area contributed by atoms with E-state index in [9.17, 15) is 13.2 Å². The zero-order valence-corrected chi connectivity index (χ0v) is 13.2. The molecule has 0 amide bonds. The van der Waals surface area contributed by atoms with Gasteiger partial charge >= 0.3 is 5.97 Å². The maximum Gasteiger partial charge on any atom is 0.307 e. The van der Waals surface area contributed by atoms with Gasteiger partial charge in [-0.05, 0) is 31.0 Å². The maximum atomic E-state index is 12.1. The Morgan fingerprint density at radius 2 is 2.10 bits per heavy atom. The molecule has 3 N–H and O–H groups in total. The second-order valence-corrected chi connectivity index (χ2v) is 6.31. The number of carbonyl (C=O) groups excluding carboxylic acids is 1. The van der Waals surface area contributed by atoms with Crippen LogP contribution in [0.5, 0.6) is 0 Å². The van der Waals surface area contributed by atoms with Crippen LogP contribution in [0.3, 0.4) is 0 Å². The van der Waals surface area contributed by atoms with Crippen molar-refractivity contribution < 1.29 is 17.9 Å². The second-order valence-electron chi connectivity index (χ2n) is 4.54. The van der Waals surface area contributed by atoms with Crippen LogP contribution >= 0.6 is 0 Å². The molecule has 0 aromatic heterocycles. The SMILES string of the molecule is CCOC(=O)CCNS(=O)(=O)c1cccc(C(N)CC)c1. The number of ether oxygens (including phenoxy) is 1. The van der Waals surface area contributed by atoms with Gasteiger partial charge in [0.2, 0.25) is 10.0 Å². The molecule has 118 valence electrons. The summed E-state index contributed by atoms with van der Waals surface area (Å²) in [6, 6.07) is 6.32. The smallest absolute Gasteiger partial charge is 0.307 e. The zero-order valence-electron chi connectivity index (χ0n) is 12.3. The fourth-order valence-corrected chi connectivity index (χ4v) is 2.84. The molecule has 1 unspecified atom stereocenters. The molecule has 1 atom stereocenters. The molecular formula is C14H22N2O4S. The first-order valence-corrected chi connectivity index (χ1v) is 8.39. The van der Waals surface area contributed by atoms with Gasteiger partial charge in [-0.2, -0.15) is 0 Å². The lowest BCUT2D eigenvalue weighted by Gasteiger charge is -2.12. The van der Waals surface area contributed by atoms with E-state index in [-0.39, 0.29) is 30.5 Å². The fourth-order valence-electron chi connectivity index (χ4n) is 1.75. The third-order valence-electron chi connectivity index (χ3n) is 2.96. The minimum atomic E-state index is -3.65. The standard InChI is InChI=1S/C14H22N2O4S/c1-3-13(15)11-6-5-7-12(10-11)21(18,19)16-9-8-14(17)20-4-2/h5-7,10,13,16H,3-4,8-9,15H2,1-2H3. The molecule has 0 saturated heterocycles. The first-order chi connectivity index (χ1) is 9.90. The van der Waals surface area contributed by atoms with Crippen molar-refractivity contribution in [2.75, 3.05) is 13.2 Å². The summed E-state index contributed by atoms with van der Waals surface area (Å²) in [5, 5.41) is 0. The van der Waals surface area contributed by atoms with Gasteiger partial charge < -0.3 is 10.5 Å². The Morgan fingerprint density at radius 3 is 2.71 bits per heavy atom. The Morgan fingerprint density at radius 1 is 1.38 bits per heavy atom. The Balaban J connectivity index is 2.72. The topological polar surface area (TPSA) is 98.5 Å². The largest absolute Gasteiger partial charge is 0.466 e. The number of nitrogens with one attached hydrogen (secondary N) is 1. The summed E-state index contributed by atoms with van der Waals surface area (Å²) in [7, 11) is -3.65. The summed E-state index contributed by atoms with van der Waals surface area (Å²) in [4.78, 5) is 11.3. The highest BCUT2D eigenvalue weighted by Gasteiger charge is 2.16. The van der Waals surface area contributed by atoms with Crippen molar-refractivity contribution in [3.05, 3.63) is 29.8 Å². The predicted molar refractivity (Wildman–Crippen MR) is 80.1 cm³/mol. The van der Waals surface area contributed by atoms with E-state index in [1.807, 2.05) is 6.92 Å². The minimum Gasteiger partial charge on any atom is -0.466 e. The molecule has 0 bridgehead atoms. The van der Waals surface area contributed by atoms with Gasteiger partial charge in [0.1, 0.15) is 0 Å². The van der Waals surface area contributed by atoms with Crippen LogP contribution < -0.4 is 10.5 Å². The molecule has 1 aromatic carbocycles. The van der Waals surface area contributed by atoms with Crippen molar-refractivity contribution in [3.63, 3.8) is 0 Å². The molecule has 21 heavy (non-hydrogen) atoms. The Labute approximate surface area is 125 Å². The lowest BCUT2D eigenvalue weighted by Crippen LogP contribution is -2.27. The highest BCUT2D eigenvalue weighted by atomic mass is 32.2. The van der Waals surface area contributed by atoms with Crippen LogP contribution in [0.4, 0.5) is 0 Å². The lowest BCUT2D eigenvalue weighted by atomic mass is 10.1. The number of nitrogens with two attached hydrogens (primary N) is 1. The van der Waals surface area contributed by atoms with Crippen LogP contribution in [-0.4, -0.2) is 27.5 Å². The number of hydrogen-bond acceptors (Lipinski definition) is 5. The van der Waals surface area contributed by atoms with Crippen molar-refractivity contribution in [2.24, 2.45) is 5.73 Å². The minimum absolute atomic E-state index is 0.00122. The zero-order chi connectivity index (χ0) is 15.9. The molecule has 0 radical (unpaired) electrons. The molecule has 6 nitrogen and oxygen atoms in total. The molecule has 0 aliphatic heterocycles. The van der Waals surface area contributed by atoms with Crippen LogP contribution in [0.25, 0.3) is 0 Å². The van der Waals surface area contributed by atoms with E-state index in [0.29, 0.717) is 0 Å². The highest BCUT2D eigenvalue weighted by molar-refractivity contribution is 7.89. The number of esters is 1.